The molecule has 0 aliphatic rings. The van der Waals surface area contributed by atoms with Gasteiger partial charge in [-0.1, -0.05) is 40.0 Å². The van der Waals surface area contributed by atoms with Gasteiger partial charge in [0.1, 0.15) is 11.4 Å². The molecule has 0 heterocycles. The summed E-state index contributed by atoms with van der Waals surface area (Å²) in [6, 6.07) is 3.96. The van der Waals surface area contributed by atoms with Crippen molar-refractivity contribution in [1.82, 2.24) is 0 Å². The predicted octanol–water partition coefficient (Wildman–Crippen LogP) is 6.18. The van der Waals surface area contributed by atoms with Gasteiger partial charge in [-0.05, 0) is 70.2 Å². The van der Waals surface area contributed by atoms with Crippen molar-refractivity contribution in [2.75, 3.05) is 11.9 Å². The highest BCUT2D eigenvalue weighted by molar-refractivity contribution is 5.97. The lowest BCUT2D eigenvalue weighted by molar-refractivity contribution is -0.140. The quantitative estimate of drug-likeness (QED) is 0.442. The molecule has 1 N–H and O–H groups in total. The van der Waals surface area contributed by atoms with Crippen LogP contribution in [0, 0.1) is 13.8 Å². The van der Waals surface area contributed by atoms with Crippen LogP contribution in [0.25, 0.3) is 0 Å². The maximum atomic E-state index is 13.0. The lowest BCUT2D eigenvalue weighted by Crippen LogP contribution is -2.43. The first-order chi connectivity index (χ1) is 12.8. The summed E-state index contributed by atoms with van der Waals surface area (Å²) >= 11 is 0. The third kappa shape index (κ3) is 7.17. The summed E-state index contributed by atoms with van der Waals surface area (Å²) in [5, 5.41) is 3.08. The van der Waals surface area contributed by atoms with E-state index in [0.29, 0.717) is 6.61 Å². The fraction of sp³-hybridized carbons (Fsp3) is 0.696. The van der Waals surface area contributed by atoms with Crippen LogP contribution < -0.4 is 10.1 Å². The first kappa shape index (κ1) is 23.5. The van der Waals surface area contributed by atoms with Crippen LogP contribution in [-0.2, 0) is 9.53 Å². The average molecular weight is 378 g/mol. The van der Waals surface area contributed by atoms with E-state index in [9.17, 15) is 4.79 Å². The first-order valence-corrected chi connectivity index (χ1v) is 10.5. The maximum Gasteiger partial charge on any atom is 0.256 e. The molecule has 2 atom stereocenters. The number of rotatable bonds is 12. The molecule has 0 radical (unpaired) electrons. The van der Waals surface area contributed by atoms with Gasteiger partial charge in [0.25, 0.3) is 5.91 Å². The molecule has 0 aliphatic carbocycles. The second-order valence-electron chi connectivity index (χ2n) is 7.77. The van der Waals surface area contributed by atoms with E-state index in [2.05, 4.69) is 33.0 Å². The van der Waals surface area contributed by atoms with Crippen LogP contribution in [0.4, 0.5) is 5.69 Å². The van der Waals surface area contributed by atoms with Gasteiger partial charge in [-0.3, -0.25) is 4.79 Å². The number of hydrogen-bond acceptors (Lipinski definition) is 3. The predicted molar refractivity (Wildman–Crippen MR) is 114 cm³/mol. The zero-order chi connectivity index (χ0) is 20.4. The molecule has 0 aliphatic heterocycles. The number of carbonyl (C=O) groups is 1. The van der Waals surface area contributed by atoms with Gasteiger partial charge in [-0.25, -0.2) is 0 Å². The van der Waals surface area contributed by atoms with E-state index in [1.165, 1.54) is 0 Å². The summed E-state index contributed by atoms with van der Waals surface area (Å²) in [7, 11) is 0. The summed E-state index contributed by atoms with van der Waals surface area (Å²) in [6.07, 6.45) is 5.99. The Morgan fingerprint density at radius 3 is 2.26 bits per heavy atom. The third-order valence-electron chi connectivity index (χ3n) is 4.97. The molecule has 27 heavy (non-hydrogen) atoms. The SMILES string of the molecule is CCCCC[C@@](C)(OCCC)C(=O)Nc1cc(C)c(O[C@@H](C)CC)c(C)c1. The fourth-order valence-corrected chi connectivity index (χ4v) is 3.05. The smallest absolute Gasteiger partial charge is 0.256 e. The van der Waals surface area contributed by atoms with Gasteiger partial charge in [-0.2, -0.15) is 0 Å². The monoisotopic (exact) mass is 377 g/mol. The van der Waals surface area contributed by atoms with Crippen molar-refractivity contribution in [2.24, 2.45) is 0 Å². The second kappa shape index (κ2) is 11.3. The van der Waals surface area contributed by atoms with Gasteiger partial charge in [0, 0.05) is 12.3 Å². The van der Waals surface area contributed by atoms with Gasteiger partial charge in [0.05, 0.1) is 6.10 Å². The Bertz CT molecular complexity index is 576. The van der Waals surface area contributed by atoms with Crippen molar-refractivity contribution in [1.29, 1.82) is 0 Å². The summed E-state index contributed by atoms with van der Waals surface area (Å²) in [5.41, 5.74) is 2.08. The fourth-order valence-electron chi connectivity index (χ4n) is 3.05. The molecule has 1 rings (SSSR count). The van der Waals surface area contributed by atoms with E-state index in [-0.39, 0.29) is 12.0 Å². The van der Waals surface area contributed by atoms with E-state index in [0.717, 1.165) is 61.1 Å². The van der Waals surface area contributed by atoms with Gasteiger partial charge in [-0.15, -0.1) is 0 Å². The molecule has 0 spiro atoms. The number of hydrogen-bond donors (Lipinski definition) is 1. The topological polar surface area (TPSA) is 47.6 Å². The molecular weight excluding hydrogens is 338 g/mol. The Kier molecular flexibility index (Phi) is 9.86. The molecule has 4 nitrogen and oxygen atoms in total. The zero-order valence-electron chi connectivity index (χ0n) is 18.4. The van der Waals surface area contributed by atoms with Crippen molar-refractivity contribution in [3.05, 3.63) is 23.3 Å². The Hall–Kier alpha value is -1.55. The Balaban J connectivity index is 2.94. The largest absolute Gasteiger partial charge is 0.490 e. The maximum absolute atomic E-state index is 13.0. The van der Waals surface area contributed by atoms with E-state index >= 15 is 0 Å². The van der Waals surface area contributed by atoms with Gasteiger partial charge in [0.15, 0.2) is 0 Å². The van der Waals surface area contributed by atoms with Gasteiger partial charge >= 0.3 is 0 Å². The second-order valence-corrected chi connectivity index (χ2v) is 7.77. The van der Waals surface area contributed by atoms with Crippen LogP contribution >= 0.6 is 0 Å². The number of benzene rings is 1. The molecule has 1 aromatic carbocycles. The minimum absolute atomic E-state index is 0.0681. The summed E-state index contributed by atoms with van der Waals surface area (Å²) in [5.74, 6) is 0.844. The molecule has 1 aromatic rings. The van der Waals surface area contributed by atoms with Crippen LogP contribution in [0.3, 0.4) is 0 Å². The van der Waals surface area contributed by atoms with Crippen LogP contribution in [0.5, 0.6) is 5.75 Å². The number of carbonyl (C=O) groups excluding carboxylic acids is 1. The number of aryl methyl sites for hydroxylation is 2. The highest BCUT2D eigenvalue weighted by Gasteiger charge is 2.33. The van der Waals surface area contributed by atoms with E-state index < -0.39 is 5.60 Å². The first-order valence-electron chi connectivity index (χ1n) is 10.5. The zero-order valence-corrected chi connectivity index (χ0v) is 18.4. The number of unbranched alkanes of at least 4 members (excludes halogenated alkanes) is 2. The Labute approximate surface area is 166 Å². The van der Waals surface area contributed by atoms with Crippen molar-refractivity contribution in [2.45, 2.75) is 98.7 Å². The molecule has 0 bridgehead atoms. The van der Waals surface area contributed by atoms with Crippen molar-refractivity contribution in [3.8, 4) is 5.75 Å². The summed E-state index contributed by atoms with van der Waals surface area (Å²) in [6.45, 7) is 15.0. The molecule has 0 saturated heterocycles. The molecule has 0 fully saturated rings. The molecule has 1 amide bonds. The summed E-state index contributed by atoms with van der Waals surface area (Å²) in [4.78, 5) is 13.0. The highest BCUT2D eigenvalue weighted by atomic mass is 16.5. The van der Waals surface area contributed by atoms with Crippen molar-refractivity contribution < 1.29 is 14.3 Å². The van der Waals surface area contributed by atoms with Crippen LogP contribution in [0.2, 0.25) is 0 Å². The van der Waals surface area contributed by atoms with Crippen molar-refractivity contribution in [3.63, 3.8) is 0 Å². The third-order valence-corrected chi connectivity index (χ3v) is 4.97. The number of ether oxygens (including phenoxy) is 2. The molecule has 0 saturated carbocycles. The lowest BCUT2D eigenvalue weighted by atomic mass is 9.96. The number of nitrogens with one attached hydrogen (secondary N) is 1. The normalized spacial score (nSPS) is 14.5. The Morgan fingerprint density at radius 1 is 1.11 bits per heavy atom. The van der Waals surface area contributed by atoms with Gasteiger partial charge < -0.3 is 14.8 Å². The number of amides is 1. The lowest BCUT2D eigenvalue weighted by Gasteiger charge is -2.29. The molecule has 154 valence electrons. The molecule has 0 aromatic heterocycles. The van der Waals surface area contributed by atoms with Crippen LogP contribution in [0.1, 0.15) is 84.3 Å². The molecule has 0 unspecified atom stereocenters. The number of anilines is 1. The standard InChI is InChI=1S/C23H39NO3/c1-8-11-12-13-23(7,26-14-9-2)22(25)24-20-15-17(4)21(18(5)16-20)27-19(6)10-3/h15-16,19H,8-14H2,1-7H3,(H,24,25)/t19-,23+/m0/s1. The molecule has 4 heteroatoms. The molecular formula is C23H39NO3. The minimum Gasteiger partial charge on any atom is -0.490 e. The van der Waals surface area contributed by atoms with Crippen LogP contribution in [-0.4, -0.2) is 24.2 Å². The minimum atomic E-state index is -0.793. The van der Waals surface area contributed by atoms with Gasteiger partial charge in [0.2, 0.25) is 0 Å². The van der Waals surface area contributed by atoms with E-state index in [4.69, 9.17) is 9.47 Å². The Morgan fingerprint density at radius 2 is 1.74 bits per heavy atom. The van der Waals surface area contributed by atoms with Crippen molar-refractivity contribution >= 4 is 11.6 Å². The summed E-state index contributed by atoms with van der Waals surface area (Å²) < 4.78 is 12.0. The highest BCUT2D eigenvalue weighted by Crippen LogP contribution is 2.30. The van der Waals surface area contributed by atoms with E-state index in [1.807, 2.05) is 32.9 Å². The van der Waals surface area contributed by atoms with Crippen LogP contribution in [0.15, 0.2) is 12.1 Å². The average Bonchev–Trinajstić information content (AvgIpc) is 2.63. The van der Waals surface area contributed by atoms with E-state index in [1.54, 1.807) is 0 Å².